The third kappa shape index (κ3) is 1.88. The van der Waals surface area contributed by atoms with Crippen molar-refractivity contribution in [3.8, 4) is 0 Å². The maximum atomic E-state index is 9.06. The highest BCUT2D eigenvalue weighted by Crippen LogP contribution is 2.19. The minimum atomic E-state index is -0.145. The smallest absolute Gasteiger partial charge is 0.0689 e. The van der Waals surface area contributed by atoms with Gasteiger partial charge < -0.3 is 15.3 Å². The van der Waals surface area contributed by atoms with Crippen LogP contribution in [0.2, 0.25) is 0 Å². The van der Waals surface area contributed by atoms with E-state index in [0.29, 0.717) is 16.7 Å². The standard InChI is InChI=1S/C10H14O3/c1-7-2-3-8(4-11)10(6-13)9(7)5-12/h2-3,11-13H,4-6H2,1H3. The Kier molecular flexibility index (Phi) is 3.42. The van der Waals surface area contributed by atoms with Crippen LogP contribution in [0.5, 0.6) is 0 Å². The van der Waals surface area contributed by atoms with Gasteiger partial charge in [-0.3, -0.25) is 0 Å². The first kappa shape index (κ1) is 10.2. The lowest BCUT2D eigenvalue weighted by atomic mass is 9.98. The van der Waals surface area contributed by atoms with Gasteiger partial charge in [-0.15, -0.1) is 0 Å². The summed E-state index contributed by atoms with van der Waals surface area (Å²) in [6, 6.07) is 3.59. The summed E-state index contributed by atoms with van der Waals surface area (Å²) in [5, 5.41) is 27.1. The molecule has 0 aliphatic rings. The zero-order valence-corrected chi connectivity index (χ0v) is 7.62. The molecule has 0 aromatic heterocycles. The van der Waals surface area contributed by atoms with Crippen LogP contribution in [-0.2, 0) is 19.8 Å². The quantitative estimate of drug-likeness (QED) is 0.637. The van der Waals surface area contributed by atoms with Crippen molar-refractivity contribution in [1.29, 1.82) is 0 Å². The lowest BCUT2D eigenvalue weighted by Crippen LogP contribution is -2.02. The molecule has 1 aromatic rings. The number of rotatable bonds is 3. The summed E-state index contributed by atoms with van der Waals surface area (Å²) in [5.74, 6) is 0. The highest BCUT2D eigenvalue weighted by molar-refractivity contribution is 5.39. The second-order valence-corrected chi connectivity index (χ2v) is 2.97. The molecule has 1 aromatic carbocycles. The molecule has 3 heteroatoms. The highest BCUT2D eigenvalue weighted by atomic mass is 16.3. The van der Waals surface area contributed by atoms with Crippen LogP contribution >= 0.6 is 0 Å². The van der Waals surface area contributed by atoms with E-state index in [4.69, 9.17) is 15.3 Å². The SMILES string of the molecule is Cc1ccc(CO)c(CO)c1CO. The third-order valence-electron chi connectivity index (χ3n) is 2.25. The van der Waals surface area contributed by atoms with E-state index in [1.165, 1.54) is 0 Å². The minimum Gasteiger partial charge on any atom is -0.392 e. The van der Waals surface area contributed by atoms with Crippen LogP contribution < -0.4 is 0 Å². The molecule has 0 bridgehead atoms. The molecule has 1 rings (SSSR count). The minimum absolute atomic E-state index is 0.102. The maximum Gasteiger partial charge on any atom is 0.0689 e. The molecule has 3 N–H and O–H groups in total. The number of hydrogen-bond donors (Lipinski definition) is 3. The summed E-state index contributed by atoms with van der Waals surface area (Å²) < 4.78 is 0. The average Bonchev–Trinajstić information content (AvgIpc) is 2.17. The van der Waals surface area contributed by atoms with Crippen molar-refractivity contribution in [2.75, 3.05) is 0 Å². The molecule has 0 spiro atoms. The summed E-state index contributed by atoms with van der Waals surface area (Å²) in [4.78, 5) is 0. The van der Waals surface area contributed by atoms with Gasteiger partial charge in [-0.1, -0.05) is 12.1 Å². The molecule has 0 heterocycles. The summed E-state index contributed by atoms with van der Waals surface area (Å²) in [7, 11) is 0. The zero-order chi connectivity index (χ0) is 9.84. The number of hydrogen-bond acceptors (Lipinski definition) is 3. The van der Waals surface area contributed by atoms with Crippen LogP contribution in [0.4, 0.5) is 0 Å². The van der Waals surface area contributed by atoms with Crippen molar-refractivity contribution in [3.05, 3.63) is 34.4 Å². The lowest BCUT2D eigenvalue weighted by molar-refractivity contribution is 0.247. The van der Waals surface area contributed by atoms with Gasteiger partial charge in [0, 0.05) is 0 Å². The molecule has 3 nitrogen and oxygen atoms in total. The average molecular weight is 182 g/mol. The molecule has 0 amide bonds. The third-order valence-corrected chi connectivity index (χ3v) is 2.25. The number of aliphatic hydroxyl groups excluding tert-OH is 3. The maximum absolute atomic E-state index is 9.06. The molecule has 0 saturated carbocycles. The molecule has 72 valence electrons. The largest absolute Gasteiger partial charge is 0.392 e. The molecule has 0 unspecified atom stereocenters. The van der Waals surface area contributed by atoms with Crippen LogP contribution in [0.25, 0.3) is 0 Å². The number of benzene rings is 1. The summed E-state index contributed by atoms with van der Waals surface area (Å²) in [6.45, 7) is 1.51. The fraction of sp³-hybridized carbons (Fsp3) is 0.400. The van der Waals surface area contributed by atoms with Gasteiger partial charge in [0.1, 0.15) is 0 Å². The van der Waals surface area contributed by atoms with Crippen LogP contribution in [0, 0.1) is 6.92 Å². The second kappa shape index (κ2) is 4.37. The van der Waals surface area contributed by atoms with Crippen LogP contribution in [0.3, 0.4) is 0 Å². The Balaban J connectivity index is 3.27. The zero-order valence-electron chi connectivity index (χ0n) is 7.62. The van der Waals surface area contributed by atoms with E-state index in [2.05, 4.69) is 0 Å². The molecule has 13 heavy (non-hydrogen) atoms. The van der Waals surface area contributed by atoms with Crippen molar-refractivity contribution < 1.29 is 15.3 Å². The summed E-state index contributed by atoms with van der Waals surface area (Å²) in [6.07, 6.45) is 0. The highest BCUT2D eigenvalue weighted by Gasteiger charge is 2.08. The monoisotopic (exact) mass is 182 g/mol. The van der Waals surface area contributed by atoms with E-state index in [9.17, 15) is 0 Å². The molecular weight excluding hydrogens is 168 g/mol. The predicted octanol–water partition coefficient (Wildman–Crippen LogP) is 0.472. The van der Waals surface area contributed by atoms with Gasteiger partial charge >= 0.3 is 0 Å². The fourth-order valence-electron chi connectivity index (χ4n) is 1.42. The Morgan fingerprint density at radius 1 is 0.923 bits per heavy atom. The van der Waals surface area contributed by atoms with E-state index >= 15 is 0 Å². The van der Waals surface area contributed by atoms with Crippen molar-refractivity contribution in [2.24, 2.45) is 0 Å². The van der Waals surface area contributed by atoms with Gasteiger partial charge in [0.15, 0.2) is 0 Å². The van der Waals surface area contributed by atoms with Gasteiger partial charge in [-0.05, 0) is 29.2 Å². The van der Waals surface area contributed by atoms with Crippen LogP contribution in [-0.4, -0.2) is 15.3 Å². The van der Waals surface area contributed by atoms with E-state index in [-0.39, 0.29) is 19.8 Å². The number of aryl methyl sites for hydroxylation is 1. The van der Waals surface area contributed by atoms with Crippen LogP contribution in [0.1, 0.15) is 22.3 Å². The van der Waals surface area contributed by atoms with Crippen molar-refractivity contribution in [1.82, 2.24) is 0 Å². The van der Waals surface area contributed by atoms with Gasteiger partial charge in [0.05, 0.1) is 19.8 Å². The normalized spacial score (nSPS) is 10.5. The Morgan fingerprint density at radius 2 is 1.54 bits per heavy atom. The Morgan fingerprint density at radius 3 is 2.00 bits per heavy atom. The molecular formula is C10H14O3. The van der Waals surface area contributed by atoms with Crippen molar-refractivity contribution in [3.63, 3.8) is 0 Å². The van der Waals surface area contributed by atoms with Gasteiger partial charge in [0.25, 0.3) is 0 Å². The molecule has 0 aliphatic carbocycles. The number of aliphatic hydroxyl groups is 3. The molecule has 0 atom stereocenters. The molecule has 0 aliphatic heterocycles. The Hall–Kier alpha value is -0.900. The summed E-state index contributed by atoms with van der Waals surface area (Å²) in [5.41, 5.74) is 2.97. The van der Waals surface area contributed by atoms with E-state index in [0.717, 1.165) is 5.56 Å². The van der Waals surface area contributed by atoms with Gasteiger partial charge in [0.2, 0.25) is 0 Å². The van der Waals surface area contributed by atoms with Crippen LogP contribution in [0.15, 0.2) is 12.1 Å². The fourth-order valence-corrected chi connectivity index (χ4v) is 1.42. The summed E-state index contributed by atoms with van der Waals surface area (Å²) >= 11 is 0. The first-order chi connectivity index (χ1) is 6.24. The molecule has 0 fully saturated rings. The molecule has 0 saturated heterocycles. The first-order valence-electron chi connectivity index (χ1n) is 4.17. The van der Waals surface area contributed by atoms with Crippen molar-refractivity contribution in [2.45, 2.75) is 26.7 Å². The van der Waals surface area contributed by atoms with E-state index in [1.807, 2.05) is 13.0 Å². The topological polar surface area (TPSA) is 60.7 Å². The van der Waals surface area contributed by atoms with Gasteiger partial charge in [-0.25, -0.2) is 0 Å². The lowest BCUT2D eigenvalue weighted by Gasteiger charge is -2.12. The Bertz CT molecular complexity index is 294. The van der Waals surface area contributed by atoms with Gasteiger partial charge in [-0.2, -0.15) is 0 Å². The molecule has 0 radical (unpaired) electrons. The predicted molar refractivity (Wildman–Crippen MR) is 48.9 cm³/mol. The second-order valence-electron chi connectivity index (χ2n) is 2.97. The first-order valence-corrected chi connectivity index (χ1v) is 4.17. The van der Waals surface area contributed by atoms with Crippen molar-refractivity contribution >= 4 is 0 Å². The Labute approximate surface area is 77.3 Å². The van der Waals surface area contributed by atoms with E-state index in [1.54, 1.807) is 6.07 Å². The van der Waals surface area contributed by atoms with E-state index < -0.39 is 0 Å².